The molecule has 4 nitrogen and oxygen atoms in total. The SMILES string of the molecule is Cc1ccc(C(=O)NCCNCCN2CCCC2)cc1. The minimum atomic E-state index is 0.00587. The molecule has 20 heavy (non-hydrogen) atoms. The standard InChI is InChI=1S/C16H25N3O/c1-14-4-6-15(7-5-14)16(20)18-9-8-17-10-13-19-11-2-3-12-19/h4-7,17H,2-3,8-13H2,1H3,(H,18,20). The van der Waals surface area contributed by atoms with Crippen molar-refractivity contribution in [1.82, 2.24) is 15.5 Å². The number of hydrogen-bond donors (Lipinski definition) is 2. The Morgan fingerprint density at radius 2 is 1.80 bits per heavy atom. The number of hydrogen-bond acceptors (Lipinski definition) is 3. The lowest BCUT2D eigenvalue weighted by Gasteiger charge is -2.14. The van der Waals surface area contributed by atoms with Gasteiger partial charge in [0.25, 0.3) is 5.91 Å². The van der Waals surface area contributed by atoms with Crippen molar-refractivity contribution in [1.29, 1.82) is 0 Å². The first-order valence-electron chi connectivity index (χ1n) is 7.53. The van der Waals surface area contributed by atoms with Crippen molar-refractivity contribution in [3.63, 3.8) is 0 Å². The van der Waals surface area contributed by atoms with Crippen molar-refractivity contribution in [2.24, 2.45) is 0 Å². The molecular weight excluding hydrogens is 250 g/mol. The van der Waals surface area contributed by atoms with E-state index in [4.69, 9.17) is 0 Å². The van der Waals surface area contributed by atoms with Gasteiger partial charge >= 0.3 is 0 Å². The Hall–Kier alpha value is -1.39. The van der Waals surface area contributed by atoms with Crippen LogP contribution in [0.1, 0.15) is 28.8 Å². The molecule has 0 saturated carbocycles. The number of likely N-dealkylation sites (tertiary alicyclic amines) is 1. The first-order valence-corrected chi connectivity index (χ1v) is 7.53. The highest BCUT2D eigenvalue weighted by Crippen LogP contribution is 2.05. The third-order valence-electron chi connectivity index (χ3n) is 3.70. The molecule has 0 bridgehead atoms. The van der Waals surface area contributed by atoms with Crippen LogP contribution in [-0.2, 0) is 0 Å². The van der Waals surface area contributed by atoms with Crippen LogP contribution in [0.4, 0.5) is 0 Å². The topological polar surface area (TPSA) is 44.4 Å². The quantitative estimate of drug-likeness (QED) is 0.740. The number of amides is 1. The Morgan fingerprint density at radius 1 is 1.10 bits per heavy atom. The second kappa shape index (κ2) is 8.02. The van der Waals surface area contributed by atoms with E-state index in [-0.39, 0.29) is 5.91 Å². The molecule has 2 N–H and O–H groups in total. The van der Waals surface area contributed by atoms with E-state index >= 15 is 0 Å². The largest absolute Gasteiger partial charge is 0.351 e. The van der Waals surface area contributed by atoms with Crippen LogP contribution in [0.2, 0.25) is 0 Å². The van der Waals surface area contributed by atoms with Gasteiger partial charge in [-0.3, -0.25) is 4.79 Å². The van der Waals surface area contributed by atoms with Gasteiger partial charge in [0.2, 0.25) is 0 Å². The van der Waals surface area contributed by atoms with E-state index in [0.29, 0.717) is 6.54 Å². The molecule has 0 atom stereocenters. The van der Waals surface area contributed by atoms with Gasteiger partial charge < -0.3 is 15.5 Å². The van der Waals surface area contributed by atoms with Crippen molar-refractivity contribution >= 4 is 5.91 Å². The van der Waals surface area contributed by atoms with E-state index in [1.165, 1.54) is 31.5 Å². The van der Waals surface area contributed by atoms with Crippen LogP contribution in [0, 0.1) is 6.92 Å². The summed E-state index contributed by atoms with van der Waals surface area (Å²) >= 11 is 0. The maximum atomic E-state index is 11.9. The number of carbonyl (C=O) groups is 1. The van der Waals surface area contributed by atoms with Crippen LogP contribution >= 0.6 is 0 Å². The summed E-state index contributed by atoms with van der Waals surface area (Å²) in [6.45, 7) is 8.12. The van der Waals surface area contributed by atoms with Gasteiger partial charge in [-0.25, -0.2) is 0 Å². The molecule has 1 fully saturated rings. The Bertz CT molecular complexity index is 410. The van der Waals surface area contributed by atoms with Crippen LogP contribution < -0.4 is 10.6 Å². The summed E-state index contributed by atoms with van der Waals surface area (Å²) in [6.07, 6.45) is 2.68. The molecule has 4 heteroatoms. The molecule has 1 saturated heterocycles. The molecule has 110 valence electrons. The normalized spacial score (nSPS) is 15.4. The summed E-state index contributed by atoms with van der Waals surface area (Å²) in [5, 5.41) is 6.30. The number of rotatable bonds is 7. The predicted molar refractivity (Wildman–Crippen MR) is 82.1 cm³/mol. The van der Waals surface area contributed by atoms with E-state index in [1.54, 1.807) is 0 Å². The van der Waals surface area contributed by atoms with Gasteiger partial charge in [0.05, 0.1) is 0 Å². The van der Waals surface area contributed by atoms with Crippen LogP contribution in [0.5, 0.6) is 0 Å². The Morgan fingerprint density at radius 3 is 2.50 bits per heavy atom. The molecule has 0 unspecified atom stereocenters. The Labute approximate surface area is 121 Å². The molecule has 0 aliphatic carbocycles. The Balaban J connectivity index is 1.54. The lowest BCUT2D eigenvalue weighted by atomic mass is 10.1. The minimum Gasteiger partial charge on any atom is -0.351 e. The van der Waals surface area contributed by atoms with Crippen molar-refractivity contribution in [2.45, 2.75) is 19.8 Å². The molecule has 1 amide bonds. The van der Waals surface area contributed by atoms with Crippen LogP contribution in [-0.4, -0.2) is 50.1 Å². The minimum absolute atomic E-state index is 0.00587. The molecule has 1 aliphatic rings. The fraction of sp³-hybridized carbons (Fsp3) is 0.562. The van der Waals surface area contributed by atoms with Crippen LogP contribution in [0.25, 0.3) is 0 Å². The number of nitrogens with zero attached hydrogens (tertiary/aromatic N) is 1. The second-order valence-electron chi connectivity index (χ2n) is 5.42. The van der Waals surface area contributed by atoms with E-state index in [9.17, 15) is 4.79 Å². The number of nitrogens with one attached hydrogen (secondary N) is 2. The van der Waals surface area contributed by atoms with E-state index < -0.39 is 0 Å². The summed E-state index contributed by atoms with van der Waals surface area (Å²) in [7, 11) is 0. The zero-order valence-electron chi connectivity index (χ0n) is 12.3. The molecule has 1 heterocycles. The fourth-order valence-electron chi connectivity index (χ4n) is 2.44. The maximum absolute atomic E-state index is 11.9. The molecule has 1 aromatic rings. The van der Waals surface area contributed by atoms with Crippen LogP contribution in [0.15, 0.2) is 24.3 Å². The van der Waals surface area contributed by atoms with Crippen molar-refractivity contribution in [3.05, 3.63) is 35.4 Å². The number of aryl methyl sites for hydroxylation is 1. The zero-order valence-corrected chi connectivity index (χ0v) is 12.3. The molecular formula is C16H25N3O. The summed E-state index contributed by atoms with van der Waals surface area (Å²) < 4.78 is 0. The van der Waals surface area contributed by atoms with Gasteiger partial charge in [-0.1, -0.05) is 17.7 Å². The highest BCUT2D eigenvalue weighted by molar-refractivity contribution is 5.94. The highest BCUT2D eigenvalue weighted by Gasteiger charge is 2.09. The lowest BCUT2D eigenvalue weighted by molar-refractivity contribution is 0.0954. The third kappa shape index (κ3) is 4.94. The van der Waals surface area contributed by atoms with Crippen molar-refractivity contribution in [3.8, 4) is 0 Å². The van der Waals surface area contributed by atoms with Crippen LogP contribution in [0.3, 0.4) is 0 Å². The van der Waals surface area contributed by atoms with Gasteiger partial charge in [0.1, 0.15) is 0 Å². The molecule has 0 radical (unpaired) electrons. The first kappa shape index (κ1) is 15.0. The van der Waals surface area contributed by atoms with E-state index in [1.807, 2.05) is 31.2 Å². The van der Waals surface area contributed by atoms with Gasteiger partial charge in [-0.05, 0) is 45.0 Å². The molecule has 0 spiro atoms. The van der Waals surface area contributed by atoms with Crippen molar-refractivity contribution < 1.29 is 4.79 Å². The average Bonchev–Trinajstić information content (AvgIpc) is 2.96. The zero-order chi connectivity index (χ0) is 14.2. The van der Waals surface area contributed by atoms with Gasteiger partial charge in [0, 0.05) is 31.7 Å². The van der Waals surface area contributed by atoms with E-state index in [0.717, 1.165) is 25.2 Å². The molecule has 2 rings (SSSR count). The van der Waals surface area contributed by atoms with Gasteiger partial charge in [-0.2, -0.15) is 0 Å². The van der Waals surface area contributed by atoms with Gasteiger partial charge in [0.15, 0.2) is 0 Å². The van der Waals surface area contributed by atoms with Gasteiger partial charge in [-0.15, -0.1) is 0 Å². The summed E-state index contributed by atoms with van der Waals surface area (Å²) in [4.78, 5) is 14.3. The highest BCUT2D eigenvalue weighted by atomic mass is 16.1. The second-order valence-corrected chi connectivity index (χ2v) is 5.42. The van der Waals surface area contributed by atoms with E-state index in [2.05, 4.69) is 15.5 Å². The third-order valence-corrected chi connectivity index (χ3v) is 3.70. The molecule has 0 aromatic heterocycles. The monoisotopic (exact) mass is 275 g/mol. The molecule has 1 aromatic carbocycles. The number of carbonyl (C=O) groups excluding carboxylic acids is 1. The predicted octanol–water partition coefficient (Wildman–Crippen LogP) is 1.41. The summed E-state index contributed by atoms with van der Waals surface area (Å²) in [5.41, 5.74) is 1.90. The van der Waals surface area contributed by atoms with Crippen molar-refractivity contribution in [2.75, 3.05) is 39.3 Å². The molecule has 1 aliphatic heterocycles. The first-order chi connectivity index (χ1) is 9.75. The Kier molecular flexibility index (Phi) is 6.02. The smallest absolute Gasteiger partial charge is 0.251 e. The summed E-state index contributed by atoms with van der Waals surface area (Å²) in [5.74, 6) is 0.00587. The lowest BCUT2D eigenvalue weighted by Crippen LogP contribution is -2.35. The fourth-order valence-corrected chi connectivity index (χ4v) is 2.44. The maximum Gasteiger partial charge on any atom is 0.251 e. The average molecular weight is 275 g/mol. The number of benzene rings is 1. The summed E-state index contributed by atoms with van der Waals surface area (Å²) in [6, 6.07) is 7.66.